The smallest absolute Gasteiger partial charge is 0.253 e. The molecule has 1 aliphatic heterocycles. The van der Waals surface area contributed by atoms with E-state index < -0.39 is 0 Å². The van der Waals surface area contributed by atoms with Crippen LogP contribution in [0.25, 0.3) is 0 Å². The molecule has 2 fully saturated rings. The summed E-state index contributed by atoms with van der Waals surface area (Å²) in [6.07, 6.45) is 6.35. The first-order valence-electron chi connectivity index (χ1n) is 9.33. The fourth-order valence-corrected chi connectivity index (χ4v) is 4.43. The second kappa shape index (κ2) is 7.56. The molecule has 1 saturated carbocycles. The minimum absolute atomic E-state index is 0.00697. The number of fused-ring (bicyclic) bond motifs is 1. The van der Waals surface area contributed by atoms with Crippen LogP contribution in [0.2, 0.25) is 0 Å². The molecule has 2 aliphatic rings. The molecule has 0 unspecified atom stereocenters. The molecular formula is C20H29N3O2. The fourth-order valence-electron chi connectivity index (χ4n) is 4.43. The van der Waals surface area contributed by atoms with Gasteiger partial charge in [0.2, 0.25) is 5.91 Å². The molecule has 3 rings (SSSR count). The van der Waals surface area contributed by atoms with Crippen LogP contribution in [-0.4, -0.2) is 54.3 Å². The van der Waals surface area contributed by atoms with Gasteiger partial charge in [-0.05, 0) is 50.3 Å². The van der Waals surface area contributed by atoms with E-state index in [0.29, 0.717) is 29.9 Å². The number of hydrogen-bond donors (Lipinski definition) is 1. The molecule has 1 aromatic carbocycles. The normalized spacial score (nSPS) is 26.1. The first kappa shape index (κ1) is 17.9. The van der Waals surface area contributed by atoms with Crippen molar-refractivity contribution in [3.63, 3.8) is 0 Å². The molecule has 1 saturated heterocycles. The number of carbonyl (C=O) groups excluding carboxylic acids is 2. The maximum absolute atomic E-state index is 12.6. The topological polar surface area (TPSA) is 52.7 Å². The van der Waals surface area contributed by atoms with Gasteiger partial charge in [-0.15, -0.1) is 0 Å². The third-order valence-electron chi connectivity index (χ3n) is 5.63. The SMILES string of the molecule is C[C@@H]1C[C@@H]2CCCC[C@@H]2N1CC(=O)Nc1cccc(C(=O)N(C)C)c1. The maximum Gasteiger partial charge on any atom is 0.253 e. The summed E-state index contributed by atoms with van der Waals surface area (Å²) in [6.45, 7) is 2.68. The van der Waals surface area contributed by atoms with Crippen molar-refractivity contribution < 1.29 is 9.59 Å². The van der Waals surface area contributed by atoms with E-state index in [1.807, 2.05) is 12.1 Å². The van der Waals surface area contributed by atoms with E-state index in [2.05, 4.69) is 17.1 Å². The van der Waals surface area contributed by atoms with Gasteiger partial charge in [0.15, 0.2) is 0 Å². The Kier molecular flexibility index (Phi) is 5.42. The first-order chi connectivity index (χ1) is 12.0. The molecule has 136 valence electrons. The number of nitrogens with one attached hydrogen (secondary N) is 1. The average molecular weight is 343 g/mol. The van der Waals surface area contributed by atoms with Crippen LogP contribution in [0.15, 0.2) is 24.3 Å². The van der Waals surface area contributed by atoms with Crippen LogP contribution in [0.1, 0.15) is 49.4 Å². The molecule has 1 N–H and O–H groups in total. The van der Waals surface area contributed by atoms with Crippen molar-refractivity contribution in [1.82, 2.24) is 9.80 Å². The monoisotopic (exact) mass is 343 g/mol. The third kappa shape index (κ3) is 4.03. The Balaban J connectivity index is 1.63. The van der Waals surface area contributed by atoms with Crippen LogP contribution in [0, 0.1) is 5.92 Å². The van der Waals surface area contributed by atoms with E-state index >= 15 is 0 Å². The second-order valence-electron chi connectivity index (χ2n) is 7.70. The Bertz CT molecular complexity index is 644. The van der Waals surface area contributed by atoms with E-state index in [1.165, 1.54) is 37.0 Å². The van der Waals surface area contributed by atoms with Gasteiger partial charge in [-0.1, -0.05) is 18.9 Å². The lowest BCUT2D eigenvalue weighted by atomic mass is 9.85. The van der Waals surface area contributed by atoms with Crippen LogP contribution in [-0.2, 0) is 4.79 Å². The van der Waals surface area contributed by atoms with E-state index in [1.54, 1.807) is 26.2 Å². The molecule has 5 nitrogen and oxygen atoms in total. The van der Waals surface area contributed by atoms with Gasteiger partial charge in [0.25, 0.3) is 5.91 Å². The Hall–Kier alpha value is -1.88. The van der Waals surface area contributed by atoms with Crippen LogP contribution in [0.5, 0.6) is 0 Å². The number of anilines is 1. The van der Waals surface area contributed by atoms with E-state index in [-0.39, 0.29) is 11.8 Å². The summed E-state index contributed by atoms with van der Waals surface area (Å²) in [5, 5.41) is 2.97. The van der Waals surface area contributed by atoms with Gasteiger partial charge in [-0.2, -0.15) is 0 Å². The fraction of sp³-hybridized carbons (Fsp3) is 0.600. The zero-order valence-corrected chi connectivity index (χ0v) is 15.5. The molecule has 3 atom stereocenters. The maximum atomic E-state index is 12.6. The molecular weight excluding hydrogens is 314 g/mol. The van der Waals surface area contributed by atoms with Crippen LogP contribution in [0.3, 0.4) is 0 Å². The van der Waals surface area contributed by atoms with Gasteiger partial charge >= 0.3 is 0 Å². The number of carbonyl (C=O) groups is 2. The Morgan fingerprint density at radius 3 is 2.76 bits per heavy atom. The molecule has 0 aromatic heterocycles. The number of rotatable bonds is 4. The molecule has 1 heterocycles. The molecule has 25 heavy (non-hydrogen) atoms. The van der Waals surface area contributed by atoms with Crippen LogP contribution >= 0.6 is 0 Å². The molecule has 5 heteroatoms. The highest BCUT2D eigenvalue weighted by atomic mass is 16.2. The van der Waals surface area contributed by atoms with Crippen LogP contribution in [0.4, 0.5) is 5.69 Å². The van der Waals surface area contributed by atoms with Crippen molar-refractivity contribution in [3.8, 4) is 0 Å². The van der Waals surface area contributed by atoms with Gasteiger partial charge in [-0.25, -0.2) is 0 Å². The second-order valence-corrected chi connectivity index (χ2v) is 7.70. The number of benzene rings is 1. The first-order valence-corrected chi connectivity index (χ1v) is 9.33. The minimum atomic E-state index is -0.0608. The van der Waals surface area contributed by atoms with E-state index in [9.17, 15) is 9.59 Å². The predicted octanol–water partition coefficient (Wildman–Crippen LogP) is 2.98. The highest BCUT2D eigenvalue weighted by Crippen LogP contribution is 2.39. The lowest BCUT2D eigenvalue weighted by Crippen LogP contribution is -2.42. The largest absolute Gasteiger partial charge is 0.345 e. The molecule has 1 aromatic rings. The summed E-state index contributed by atoms with van der Waals surface area (Å²) in [7, 11) is 3.45. The molecule has 1 aliphatic carbocycles. The molecule has 0 spiro atoms. The highest BCUT2D eigenvalue weighted by Gasteiger charge is 2.40. The van der Waals surface area contributed by atoms with Crippen molar-refractivity contribution in [1.29, 1.82) is 0 Å². The van der Waals surface area contributed by atoms with Gasteiger partial charge < -0.3 is 10.2 Å². The molecule has 0 bridgehead atoms. The van der Waals surface area contributed by atoms with Gasteiger partial charge in [0.1, 0.15) is 0 Å². The van der Waals surface area contributed by atoms with Crippen molar-refractivity contribution in [2.45, 2.75) is 51.1 Å². The number of likely N-dealkylation sites (tertiary alicyclic amines) is 1. The Labute approximate surface area is 150 Å². The van der Waals surface area contributed by atoms with Crippen molar-refractivity contribution in [3.05, 3.63) is 29.8 Å². The van der Waals surface area contributed by atoms with Crippen LogP contribution < -0.4 is 5.32 Å². The molecule has 2 amide bonds. The lowest BCUT2D eigenvalue weighted by Gasteiger charge is -2.32. The summed E-state index contributed by atoms with van der Waals surface area (Å²) >= 11 is 0. The standard InChI is InChI=1S/C20H29N3O2/c1-14-11-15-7-4-5-10-18(15)23(14)13-19(24)21-17-9-6-8-16(12-17)20(25)22(2)3/h6,8-9,12,14-15,18H,4-5,7,10-11,13H2,1-3H3,(H,21,24)/t14-,15+,18+/m1/s1. The molecule has 0 radical (unpaired) electrons. The zero-order valence-electron chi connectivity index (χ0n) is 15.5. The lowest BCUT2D eigenvalue weighted by molar-refractivity contribution is -0.118. The Morgan fingerprint density at radius 2 is 2.00 bits per heavy atom. The van der Waals surface area contributed by atoms with Gasteiger partial charge in [0.05, 0.1) is 6.54 Å². The number of nitrogens with zero attached hydrogens (tertiary/aromatic N) is 2. The van der Waals surface area contributed by atoms with Gasteiger partial charge in [0, 0.05) is 37.4 Å². The third-order valence-corrected chi connectivity index (χ3v) is 5.63. The van der Waals surface area contributed by atoms with Crippen molar-refractivity contribution >= 4 is 17.5 Å². The highest BCUT2D eigenvalue weighted by molar-refractivity contribution is 5.97. The van der Waals surface area contributed by atoms with E-state index in [0.717, 1.165) is 5.92 Å². The summed E-state index contributed by atoms with van der Waals surface area (Å²) in [5.74, 6) is 0.708. The van der Waals surface area contributed by atoms with Crippen molar-refractivity contribution in [2.24, 2.45) is 5.92 Å². The number of hydrogen-bond acceptors (Lipinski definition) is 3. The van der Waals surface area contributed by atoms with Gasteiger partial charge in [-0.3, -0.25) is 14.5 Å². The number of amides is 2. The summed E-state index contributed by atoms with van der Waals surface area (Å²) in [6, 6.07) is 8.20. The average Bonchev–Trinajstić information content (AvgIpc) is 2.90. The van der Waals surface area contributed by atoms with Crippen molar-refractivity contribution in [2.75, 3.05) is 26.0 Å². The quantitative estimate of drug-likeness (QED) is 0.914. The Morgan fingerprint density at radius 1 is 1.24 bits per heavy atom. The summed E-state index contributed by atoms with van der Waals surface area (Å²) in [4.78, 5) is 28.5. The summed E-state index contributed by atoms with van der Waals surface area (Å²) < 4.78 is 0. The zero-order chi connectivity index (χ0) is 18.0. The van der Waals surface area contributed by atoms with E-state index in [4.69, 9.17) is 0 Å². The summed E-state index contributed by atoms with van der Waals surface area (Å²) in [5.41, 5.74) is 1.27. The predicted molar refractivity (Wildman–Crippen MR) is 99.6 cm³/mol. The minimum Gasteiger partial charge on any atom is -0.345 e.